The van der Waals surface area contributed by atoms with Crippen molar-refractivity contribution in [3.8, 4) is 11.5 Å². The van der Waals surface area contributed by atoms with Crippen molar-refractivity contribution in [3.05, 3.63) is 58.1 Å². The Morgan fingerprint density at radius 3 is 2.38 bits per heavy atom. The van der Waals surface area contributed by atoms with Crippen LogP contribution in [-0.4, -0.2) is 43.0 Å². The number of amides is 2. The number of ether oxygens (including phenoxy) is 2. The molecular weight excluding hydrogens is 496 g/mol. The van der Waals surface area contributed by atoms with Crippen molar-refractivity contribution in [1.29, 1.82) is 0 Å². The molecule has 1 N–H and O–H groups in total. The van der Waals surface area contributed by atoms with Gasteiger partial charge in [0.25, 0.3) is 5.91 Å². The third-order valence-electron chi connectivity index (χ3n) is 5.49. The second-order valence-electron chi connectivity index (χ2n) is 9.87. The second kappa shape index (κ2) is 12.2. The van der Waals surface area contributed by atoms with Gasteiger partial charge in [0, 0.05) is 13.1 Å². The lowest BCUT2D eigenvalue weighted by molar-refractivity contribution is -0.142. The normalized spacial score (nSPS) is 12.3. The Kier molecular flexibility index (Phi) is 9.98. The quantitative estimate of drug-likeness (QED) is 0.449. The Balaban J connectivity index is 2.20. The molecule has 1 unspecified atom stereocenters. The van der Waals surface area contributed by atoms with Crippen molar-refractivity contribution in [3.63, 3.8) is 0 Å². The molecule has 0 aliphatic carbocycles. The van der Waals surface area contributed by atoms with Gasteiger partial charge in [-0.15, -0.1) is 0 Å². The van der Waals surface area contributed by atoms with Gasteiger partial charge in [0.05, 0.1) is 11.6 Å². The summed E-state index contributed by atoms with van der Waals surface area (Å²) in [5.41, 5.74) is 2.03. The van der Waals surface area contributed by atoms with Crippen LogP contribution in [0.5, 0.6) is 11.5 Å². The van der Waals surface area contributed by atoms with E-state index in [4.69, 9.17) is 9.47 Å². The van der Waals surface area contributed by atoms with Gasteiger partial charge in [0.15, 0.2) is 6.61 Å². The lowest BCUT2D eigenvalue weighted by Crippen LogP contribution is -2.49. The number of benzene rings is 2. The van der Waals surface area contributed by atoms with Gasteiger partial charge in [-0.2, -0.15) is 0 Å². The number of carbonyl (C=O) groups excluding carboxylic acids is 2. The van der Waals surface area contributed by atoms with Crippen molar-refractivity contribution in [1.82, 2.24) is 10.2 Å². The summed E-state index contributed by atoms with van der Waals surface area (Å²) in [7, 11) is 1.60. The fourth-order valence-corrected chi connectivity index (χ4v) is 3.80. The van der Waals surface area contributed by atoms with Crippen LogP contribution in [0.1, 0.15) is 52.7 Å². The monoisotopic (exact) mass is 532 g/mol. The summed E-state index contributed by atoms with van der Waals surface area (Å²) in [4.78, 5) is 27.6. The molecule has 0 aliphatic heterocycles. The highest BCUT2D eigenvalue weighted by Crippen LogP contribution is 2.31. The molecule has 2 amide bonds. The fraction of sp³-hybridized carbons (Fsp3) is 0.481. The predicted octanol–water partition coefficient (Wildman–Crippen LogP) is 5.32. The summed E-state index contributed by atoms with van der Waals surface area (Å²) in [5, 5.41) is 2.92. The molecule has 6 nitrogen and oxygen atoms in total. The first-order valence-corrected chi connectivity index (χ1v) is 12.3. The molecule has 2 rings (SSSR count). The van der Waals surface area contributed by atoms with Crippen LogP contribution in [0.3, 0.4) is 0 Å². The summed E-state index contributed by atoms with van der Waals surface area (Å²) < 4.78 is 12.0. The maximum Gasteiger partial charge on any atom is 0.261 e. The van der Waals surface area contributed by atoms with Gasteiger partial charge in [-0.1, -0.05) is 52.8 Å². The molecule has 0 spiro atoms. The third-order valence-corrected chi connectivity index (χ3v) is 6.11. The van der Waals surface area contributed by atoms with E-state index in [0.717, 1.165) is 15.6 Å². The molecule has 0 radical (unpaired) electrons. The lowest BCUT2D eigenvalue weighted by atomic mass is 9.87. The summed E-state index contributed by atoms with van der Waals surface area (Å²) >= 11 is 3.55. The van der Waals surface area contributed by atoms with Gasteiger partial charge < -0.3 is 19.7 Å². The zero-order valence-electron chi connectivity index (χ0n) is 21.3. The maximum absolute atomic E-state index is 13.3. The van der Waals surface area contributed by atoms with Crippen LogP contribution in [0.25, 0.3) is 0 Å². The standard InChI is InChI=1S/C27H37BrN2O4/c1-18(2)15-29-26(32)19(3)30(16-20-9-8-10-22(13-20)33-7)25(31)17-34-24-12-11-21(14-23(24)28)27(4,5)6/h8-14,18-19H,15-17H2,1-7H3,(H,29,32). The van der Waals surface area contributed by atoms with Gasteiger partial charge >= 0.3 is 0 Å². The molecule has 2 aromatic rings. The van der Waals surface area contributed by atoms with Crippen LogP contribution in [0.4, 0.5) is 0 Å². The maximum atomic E-state index is 13.3. The highest BCUT2D eigenvalue weighted by molar-refractivity contribution is 9.10. The van der Waals surface area contributed by atoms with Crippen molar-refractivity contribution in [2.45, 2.75) is 59.5 Å². The highest BCUT2D eigenvalue weighted by atomic mass is 79.9. The zero-order chi connectivity index (χ0) is 25.5. The summed E-state index contributed by atoms with van der Waals surface area (Å²) in [6.07, 6.45) is 0. The number of halogens is 1. The molecule has 7 heteroatoms. The van der Waals surface area contributed by atoms with E-state index >= 15 is 0 Å². The topological polar surface area (TPSA) is 67.9 Å². The first-order chi connectivity index (χ1) is 15.9. The molecule has 0 saturated heterocycles. The average molecular weight is 534 g/mol. The number of hydrogen-bond acceptors (Lipinski definition) is 4. The molecule has 1 atom stereocenters. The number of carbonyl (C=O) groups is 2. The lowest BCUT2D eigenvalue weighted by Gasteiger charge is -2.29. The number of nitrogens with zero attached hydrogens (tertiary/aromatic N) is 1. The molecule has 0 heterocycles. The van der Waals surface area contributed by atoms with E-state index in [1.165, 1.54) is 0 Å². The Labute approximate surface area is 212 Å². The van der Waals surface area contributed by atoms with Crippen LogP contribution in [-0.2, 0) is 21.5 Å². The smallest absolute Gasteiger partial charge is 0.261 e. The van der Waals surface area contributed by atoms with Crippen molar-refractivity contribution < 1.29 is 19.1 Å². The van der Waals surface area contributed by atoms with Crippen molar-refractivity contribution in [2.24, 2.45) is 5.92 Å². The number of methoxy groups -OCH3 is 1. The molecule has 2 aromatic carbocycles. The molecule has 0 fully saturated rings. The van der Waals surface area contributed by atoms with E-state index in [9.17, 15) is 9.59 Å². The number of rotatable bonds is 10. The summed E-state index contributed by atoms with van der Waals surface area (Å²) in [6, 6.07) is 12.7. The summed E-state index contributed by atoms with van der Waals surface area (Å²) in [6.45, 7) is 12.8. The van der Waals surface area contributed by atoms with Gasteiger partial charge in [-0.3, -0.25) is 9.59 Å². The Bertz CT molecular complexity index is 985. The van der Waals surface area contributed by atoms with Gasteiger partial charge in [-0.25, -0.2) is 0 Å². The van der Waals surface area contributed by atoms with E-state index in [1.54, 1.807) is 18.9 Å². The number of nitrogens with one attached hydrogen (secondary N) is 1. The van der Waals surface area contributed by atoms with Crippen LogP contribution in [0.15, 0.2) is 46.9 Å². The second-order valence-corrected chi connectivity index (χ2v) is 10.7. The van der Waals surface area contributed by atoms with Crippen molar-refractivity contribution >= 4 is 27.7 Å². The van der Waals surface area contributed by atoms with E-state index in [0.29, 0.717) is 24.0 Å². The molecule has 0 bridgehead atoms. The van der Waals surface area contributed by atoms with Crippen molar-refractivity contribution in [2.75, 3.05) is 20.3 Å². The van der Waals surface area contributed by atoms with Gasteiger partial charge in [0.1, 0.15) is 17.5 Å². The van der Waals surface area contributed by atoms with Gasteiger partial charge in [-0.05, 0) is 69.6 Å². The number of hydrogen-bond donors (Lipinski definition) is 1. The Hall–Kier alpha value is -2.54. The van der Waals surface area contributed by atoms with Crippen LogP contribution >= 0.6 is 15.9 Å². The highest BCUT2D eigenvalue weighted by Gasteiger charge is 2.27. The minimum absolute atomic E-state index is 0.00316. The molecule has 0 saturated carbocycles. The molecule has 0 aromatic heterocycles. The third kappa shape index (κ3) is 8.05. The molecule has 186 valence electrons. The van der Waals surface area contributed by atoms with Crippen LogP contribution in [0, 0.1) is 5.92 Å². The van der Waals surface area contributed by atoms with E-state index < -0.39 is 6.04 Å². The minimum atomic E-state index is -0.659. The SMILES string of the molecule is COc1cccc(CN(C(=O)COc2ccc(C(C)(C)C)cc2Br)C(C)C(=O)NCC(C)C)c1. The first-order valence-electron chi connectivity index (χ1n) is 11.5. The average Bonchev–Trinajstić information content (AvgIpc) is 2.78. The van der Waals surface area contributed by atoms with Crippen LogP contribution in [0.2, 0.25) is 0 Å². The molecule has 0 aliphatic rings. The fourth-order valence-electron chi connectivity index (χ4n) is 3.31. The largest absolute Gasteiger partial charge is 0.497 e. The molecule has 34 heavy (non-hydrogen) atoms. The van der Waals surface area contributed by atoms with Crippen LogP contribution < -0.4 is 14.8 Å². The zero-order valence-corrected chi connectivity index (χ0v) is 22.9. The van der Waals surface area contributed by atoms with E-state index in [1.807, 2.05) is 56.3 Å². The molecular formula is C27H37BrN2O4. The first kappa shape index (κ1) is 27.7. The van der Waals surface area contributed by atoms with E-state index in [2.05, 4.69) is 42.0 Å². The van der Waals surface area contributed by atoms with E-state index in [-0.39, 0.29) is 30.4 Å². The Morgan fingerprint density at radius 1 is 1.09 bits per heavy atom. The van der Waals surface area contributed by atoms with Gasteiger partial charge in [0.2, 0.25) is 5.91 Å². The minimum Gasteiger partial charge on any atom is -0.497 e. The predicted molar refractivity (Wildman–Crippen MR) is 139 cm³/mol. The summed E-state index contributed by atoms with van der Waals surface area (Å²) in [5.74, 6) is 1.12. The Morgan fingerprint density at radius 2 is 1.79 bits per heavy atom.